The van der Waals surface area contributed by atoms with Gasteiger partial charge in [0.15, 0.2) is 5.82 Å². The molecule has 150 valence electrons. The molecular formula is C20H22N6O3. The van der Waals surface area contributed by atoms with Gasteiger partial charge in [-0.15, -0.1) is 0 Å². The SMILES string of the molecule is CC(C)(C)c1cc(NC(=O)Nc2cccc(N3CNc4occc4C3=N)c2)no1. The highest BCUT2D eigenvalue weighted by atomic mass is 16.5. The van der Waals surface area contributed by atoms with Crippen molar-refractivity contribution in [1.82, 2.24) is 5.16 Å². The first kappa shape index (κ1) is 18.6. The number of hydrogen-bond donors (Lipinski definition) is 4. The van der Waals surface area contributed by atoms with Gasteiger partial charge in [-0.2, -0.15) is 0 Å². The summed E-state index contributed by atoms with van der Waals surface area (Å²) in [5.41, 5.74) is 1.85. The zero-order valence-electron chi connectivity index (χ0n) is 16.4. The first-order chi connectivity index (χ1) is 13.8. The Labute approximate surface area is 167 Å². The molecule has 4 N–H and O–H groups in total. The smallest absolute Gasteiger partial charge is 0.324 e. The van der Waals surface area contributed by atoms with Gasteiger partial charge in [-0.1, -0.05) is 32.0 Å². The van der Waals surface area contributed by atoms with E-state index in [1.54, 1.807) is 35.4 Å². The van der Waals surface area contributed by atoms with Crippen LogP contribution in [0.25, 0.3) is 0 Å². The van der Waals surface area contributed by atoms with Crippen molar-refractivity contribution in [3.63, 3.8) is 0 Å². The highest BCUT2D eigenvalue weighted by molar-refractivity contribution is 6.12. The number of hydrogen-bond acceptors (Lipinski definition) is 6. The molecule has 0 saturated carbocycles. The number of amides is 2. The maximum Gasteiger partial charge on any atom is 0.324 e. The number of rotatable bonds is 3. The quantitative estimate of drug-likeness (QED) is 0.522. The Balaban J connectivity index is 1.45. The summed E-state index contributed by atoms with van der Waals surface area (Å²) in [6.07, 6.45) is 1.55. The molecule has 0 unspecified atom stereocenters. The number of furan rings is 1. The molecule has 0 spiro atoms. The lowest BCUT2D eigenvalue weighted by molar-refractivity contribution is 0.262. The maximum absolute atomic E-state index is 12.3. The Morgan fingerprint density at radius 2 is 2.07 bits per heavy atom. The first-order valence-corrected chi connectivity index (χ1v) is 9.14. The van der Waals surface area contributed by atoms with Crippen LogP contribution in [-0.4, -0.2) is 23.7 Å². The van der Waals surface area contributed by atoms with Crippen LogP contribution in [0.5, 0.6) is 0 Å². The average Bonchev–Trinajstić information content (AvgIpc) is 3.31. The molecule has 0 saturated heterocycles. The molecule has 9 nitrogen and oxygen atoms in total. The predicted molar refractivity (Wildman–Crippen MR) is 111 cm³/mol. The number of amidine groups is 1. The van der Waals surface area contributed by atoms with Crippen molar-refractivity contribution in [2.24, 2.45) is 0 Å². The average molecular weight is 394 g/mol. The van der Waals surface area contributed by atoms with Gasteiger partial charge in [0.1, 0.15) is 11.6 Å². The van der Waals surface area contributed by atoms with E-state index in [0.29, 0.717) is 41.2 Å². The number of fused-ring (bicyclic) bond motifs is 1. The van der Waals surface area contributed by atoms with E-state index in [4.69, 9.17) is 14.3 Å². The molecule has 9 heteroatoms. The van der Waals surface area contributed by atoms with Crippen molar-refractivity contribution >= 4 is 34.9 Å². The zero-order chi connectivity index (χ0) is 20.6. The molecule has 2 amide bonds. The van der Waals surface area contributed by atoms with Gasteiger partial charge in [0.25, 0.3) is 0 Å². The fourth-order valence-electron chi connectivity index (χ4n) is 2.95. The molecule has 1 aromatic carbocycles. The van der Waals surface area contributed by atoms with Crippen LogP contribution in [-0.2, 0) is 5.41 Å². The number of urea groups is 1. The third-order valence-corrected chi connectivity index (χ3v) is 4.49. The molecule has 0 atom stereocenters. The zero-order valence-corrected chi connectivity index (χ0v) is 16.4. The topological polar surface area (TPSA) is 119 Å². The van der Waals surface area contributed by atoms with Crippen molar-refractivity contribution in [3.8, 4) is 0 Å². The van der Waals surface area contributed by atoms with E-state index in [1.165, 1.54) is 0 Å². The van der Waals surface area contributed by atoms with E-state index < -0.39 is 6.03 Å². The van der Waals surface area contributed by atoms with E-state index in [0.717, 1.165) is 5.69 Å². The normalized spacial score (nSPS) is 13.6. The molecule has 1 aliphatic heterocycles. The fraction of sp³-hybridized carbons (Fsp3) is 0.250. The molecule has 3 aromatic rings. The maximum atomic E-state index is 12.3. The number of carbonyl (C=O) groups is 1. The van der Waals surface area contributed by atoms with E-state index in [-0.39, 0.29) is 5.41 Å². The lowest BCUT2D eigenvalue weighted by Crippen LogP contribution is -2.39. The molecule has 0 bridgehead atoms. The van der Waals surface area contributed by atoms with Gasteiger partial charge in [-0.05, 0) is 24.3 Å². The lowest BCUT2D eigenvalue weighted by Gasteiger charge is -2.29. The van der Waals surface area contributed by atoms with Crippen molar-refractivity contribution in [2.75, 3.05) is 27.5 Å². The number of benzene rings is 1. The molecular weight excluding hydrogens is 372 g/mol. The van der Waals surface area contributed by atoms with E-state index >= 15 is 0 Å². The van der Waals surface area contributed by atoms with Gasteiger partial charge in [0.2, 0.25) is 5.88 Å². The molecule has 29 heavy (non-hydrogen) atoms. The Hall–Kier alpha value is -3.75. The second-order valence-electron chi connectivity index (χ2n) is 7.73. The van der Waals surface area contributed by atoms with Gasteiger partial charge in [-0.3, -0.25) is 10.7 Å². The van der Waals surface area contributed by atoms with Crippen molar-refractivity contribution < 1.29 is 13.7 Å². The van der Waals surface area contributed by atoms with Crippen LogP contribution in [0.15, 0.2) is 51.6 Å². The fourth-order valence-corrected chi connectivity index (χ4v) is 2.95. The van der Waals surface area contributed by atoms with Crippen LogP contribution in [0.2, 0.25) is 0 Å². The Kier molecular flexibility index (Phi) is 4.50. The van der Waals surface area contributed by atoms with Crippen LogP contribution in [0.3, 0.4) is 0 Å². The second-order valence-corrected chi connectivity index (χ2v) is 7.73. The van der Waals surface area contributed by atoms with Gasteiger partial charge in [0, 0.05) is 22.9 Å². The van der Waals surface area contributed by atoms with Crippen LogP contribution < -0.4 is 20.9 Å². The number of carbonyl (C=O) groups excluding carboxylic acids is 1. The Morgan fingerprint density at radius 3 is 2.83 bits per heavy atom. The number of anilines is 4. The van der Waals surface area contributed by atoms with Crippen molar-refractivity contribution in [2.45, 2.75) is 26.2 Å². The number of aromatic nitrogens is 1. The summed E-state index contributed by atoms with van der Waals surface area (Å²) in [7, 11) is 0. The minimum Gasteiger partial charge on any atom is -0.448 e. The van der Waals surface area contributed by atoms with E-state index in [2.05, 4.69) is 21.1 Å². The molecule has 3 heterocycles. The molecule has 1 aliphatic rings. The standard InChI is InChI=1S/C20H22N6O3/c1-20(2,3)15-10-16(25-29-15)24-19(27)23-12-5-4-6-13(9-12)26-11-22-18-14(17(26)21)7-8-28-18/h4-10,21-22H,11H2,1-3H3,(H2,23,24,25,27). The Morgan fingerprint density at radius 1 is 1.24 bits per heavy atom. The summed E-state index contributed by atoms with van der Waals surface area (Å²) in [4.78, 5) is 14.1. The molecule has 4 rings (SSSR count). The van der Waals surface area contributed by atoms with Crippen molar-refractivity contribution in [3.05, 3.63) is 54.0 Å². The molecule has 0 fully saturated rings. The molecule has 0 radical (unpaired) electrons. The van der Waals surface area contributed by atoms with Crippen LogP contribution in [0.1, 0.15) is 32.1 Å². The summed E-state index contributed by atoms with van der Waals surface area (Å²) in [5.74, 6) is 1.94. The summed E-state index contributed by atoms with van der Waals surface area (Å²) < 4.78 is 10.6. The second kappa shape index (κ2) is 7.01. The minimum absolute atomic E-state index is 0.195. The number of nitrogens with one attached hydrogen (secondary N) is 4. The van der Waals surface area contributed by atoms with Crippen LogP contribution in [0.4, 0.5) is 27.9 Å². The van der Waals surface area contributed by atoms with E-state index in [1.807, 2.05) is 32.9 Å². The monoisotopic (exact) mass is 394 g/mol. The van der Waals surface area contributed by atoms with Crippen LogP contribution >= 0.6 is 0 Å². The third kappa shape index (κ3) is 3.79. The highest BCUT2D eigenvalue weighted by Crippen LogP contribution is 2.28. The highest BCUT2D eigenvalue weighted by Gasteiger charge is 2.24. The summed E-state index contributed by atoms with van der Waals surface area (Å²) in [6, 6.07) is 10.3. The molecule has 2 aromatic heterocycles. The summed E-state index contributed by atoms with van der Waals surface area (Å²) in [5, 5.41) is 20.9. The first-order valence-electron chi connectivity index (χ1n) is 9.14. The minimum atomic E-state index is -0.431. The van der Waals surface area contributed by atoms with Gasteiger partial charge >= 0.3 is 6.03 Å². The van der Waals surface area contributed by atoms with Gasteiger partial charge in [-0.25, -0.2) is 4.79 Å². The van der Waals surface area contributed by atoms with Gasteiger partial charge in [0.05, 0.1) is 18.5 Å². The summed E-state index contributed by atoms with van der Waals surface area (Å²) >= 11 is 0. The predicted octanol–water partition coefficient (Wildman–Crippen LogP) is 4.42. The number of nitrogens with zero attached hydrogens (tertiary/aromatic N) is 2. The van der Waals surface area contributed by atoms with E-state index in [9.17, 15) is 4.79 Å². The van der Waals surface area contributed by atoms with Crippen LogP contribution in [0, 0.1) is 5.41 Å². The molecule has 0 aliphatic carbocycles. The Bertz CT molecular complexity index is 1060. The summed E-state index contributed by atoms with van der Waals surface area (Å²) in [6.45, 7) is 6.40. The lowest BCUT2D eigenvalue weighted by atomic mass is 9.93. The third-order valence-electron chi connectivity index (χ3n) is 4.49. The van der Waals surface area contributed by atoms with Gasteiger partial charge < -0.3 is 24.5 Å². The largest absolute Gasteiger partial charge is 0.448 e. The van der Waals surface area contributed by atoms with Crippen molar-refractivity contribution in [1.29, 1.82) is 5.41 Å².